The number of primary amides is 1. The molecule has 0 radical (unpaired) electrons. The van der Waals surface area contributed by atoms with Gasteiger partial charge >= 0.3 is 5.97 Å². The van der Waals surface area contributed by atoms with Crippen LogP contribution in [0.3, 0.4) is 0 Å². The van der Waals surface area contributed by atoms with E-state index in [1.54, 1.807) is 33.0 Å². The zero-order valence-electron chi connectivity index (χ0n) is 14.3. The molecule has 0 atom stereocenters. The molecule has 0 fully saturated rings. The predicted octanol–water partition coefficient (Wildman–Crippen LogP) is 2.08. The Morgan fingerprint density at radius 3 is 2.61 bits per heavy atom. The summed E-state index contributed by atoms with van der Waals surface area (Å²) in [5.74, 6) is -0.399. The van der Waals surface area contributed by atoms with Crippen LogP contribution in [-0.2, 0) is 9.53 Å². The van der Waals surface area contributed by atoms with E-state index in [0.29, 0.717) is 6.61 Å². The minimum absolute atomic E-state index is 0.244. The number of ether oxygens (including phenoxy) is 2. The lowest BCUT2D eigenvalue weighted by Crippen LogP contribution is -2.29. The molecule has 1 aromatic heterocycles. The summed E-state index contributed by atoms with van der Waals surface area (Å²) in [6.45, 7) is 9.79. The quantitative estimate of drug-likeness (QED) is 0.739. The number of rotatable bonds is 8. The highest BCUT2D eigenvalue weighted by Crippen LogP contribution is 2.23. The highest BCUT2D eigenvalue weighted by Gasteiger charge is 2.23. The lowest BCUT2D eigenvalue weighted by atomic mass is 9.93. The normalized spacial score (nSPS) is 11.9. The van der Waals surface area contributed by atoms with E-state index in [9.17, 15) is 9.59 Å². The molecular formula is C16H25N3O4. The first-order valence-electron chi connectivity index (χ1n) is 7.55. The van der Waals surface area contributed by atoms with Crippen molar-refractivity contribution in [2.45, 2.75) is 34.6 Å². The van der Waals surface area contributed by atoms with Crippen LogP contribution in [0.15, 0.2) is 12.3 Å². The number of amides is 1. The van der Waals surface area contributed by atoms with Crippen LogP contribution < -0.4 is 10.5 Å². The van der Waals surface area contributed by atoms with Crippen LogP contribution in [0.4, 0.5) is 0 Å². The Hall–Kier alpha value is -2.31. The fourth-order valence-corrected chi connectivity index (χ4v) is 1.53. The summed E-state index contributed by atoms with van der Waals surface area (Å²) in [5.41, 5.74) is 4.74. The monoisotopic (exact) mass is 323 g/mol. The fraction of sp³-hybridized carbons (Fsp3) is 0.562. The van der Waals surface area contributed by atoms with Crippen molar-refractivity contribution in [2.24, 2.45) is 17.1 Å². The Morgan fingerprint density at radius 2 is 2.09 bits per heavy atom. The number of carbonyl (C=O) groups excluding carboxylic acids is 2. The molecule has 0 aromatic carbocycles. The summed E-state index contributed by atoms with van der Waals surface area (Å²) < 4.78 is 12.1. The highest BCUT2D eigenvalue weighted by atomic mass is 16.5. The van der Waals surface area contributed by atoms with E-state index in [2.05, 4.69) is 5.10 Å². The van der Waals surface area contributed by atoms with E-state index in [1.165, 1.54) is 10.9 Å². The summed E-state index contributed by atoms with van der Waals surface area (Å²) in [6, 6.07) is 0. The first kappa shape index (κ1) is 18.7. The van der Waals surface area contributed by atoms with Crippen molar-refractivity contribution in [2.75, 3.05) is 13.2 Å². The number of nitrogens with zero attached hydrogens (tertiary/aromatic N) is 2. The van der Waals surface area contributed by atoms with Gasteiger partial charge in [-0.2, -0.15) is 5.10 Å². The maximum atomic E-state index is 12.0. The SMILES string of the molecule is CCOC(=O)c1cnn(/C=C/C(C)(C)C(N)=O)c1OCC(C)C. The van der Waals surface area contributed by atoms with Crippen LogP contribution in [0.5, 0.6) is 5.88 Å². The molecule has 0 aliphatic rings. The van der Waals surface area contributed by atoms with Gasteiger partial charge in [0, 0.05) is 6.20 Å². The molecular weight excluding hydrogens is 298 g/mol. The Labute approximate surface area is 136 Å². The van der Waals surface area contributed by atoms with Crippen LogP contribution in [0.1, 0.15) is 45.0 Å². The minimum Gasteiger partial charge on any atom is -0.477 e. The molecule has 0 aliphatic heterocycles. The number of aromatic nitrogens is 2. The number of hydrogen-bond donors (Lipinski definition) is 1. The standard InChI is InChI=1S/C16H25N3O4/c1-6-22-14(20)12-9-18-19(13(12)23-10-11(2)3)8-7-16(4,5)15(17)21/h7-9,11H,6,10H2,1-5H3,(H2,17,21)/b8-7+. The highest BCUT2D eigenvalue weighted by molar-refractivity contribution is 5.92. The summed E-state index contributed by atoms with van der Waals surface area (Å²) in [7, 11) is 0. The molecule has 0 bridgehead atoms. The third kappa shape index (κ3) is 5.12. The van der Waals surface area contributed by atoms with Crippen LogP contribution in [-0.4, -0.2) is 34.9 Å². The maximum absolute atomic E-state index is 12.0. The molecule has 128 valence electrons. The molecule has 1 aromatic rings. The number of hydrogen-bond acceptors (Lipinski definition) is 5. The smallest absolute Gasteiger partial charge is 0.345 e. The average Bonchev–Trinajstić information content (AvgIpc) is 2.86. The lowest BCUT2D eigenvalue weighted by Gasteiger charge is -2.15. The fourth-order valence-electron chi connectivity index (χ4n) is 1.53. The van der Waals surface area contributed by atoms with Crippen molar-refractivity contribution >= 4 is 18.1 Å². The lowest BCUT2D eigenvalue weighted by molar-refractivity contribution is -0.123. The van der Waals surface area contributed by atoms with Crippen LogP contribution in [0, 0.1) is 11.3 Å². The van der Waals surface area contributed by atoms with Crippen molar-refractivity contribution in [3.63, 3.8) is 0 Å². The van der Waals surface area contributed by atoms with Crippen molar-refractivity contribution in [3.8, 4) is 5.88 Å². The molecule has 7 heteroatoms. The molecule has 7 nitrogen and oxygen atoms in total. The number of carbonyl (C=O) groups is 2. The van der Waals surface area contributed by atoms with Gasteiger partial charge in [0.1, 0.15) is 5.56 Å². The van der Waals surface area contributed by atoms with Gasteiger partial charge in [-0.3, -0.25) is 4.79 Å². The van der Waals surface area contributed by atoms with E-state index in [1.807, 2.05) is 13.8 Å². The number of nitrogens with two attached hydrogens (primary N) is 1. The second kappa shape index (κ2) is 7.80. The van der Waals surface area contributed by atoms with E-state index in [-0.39, 0.29) is 24.0 Å². The average molecular weight is 323 g/mol. The third-order valence-corrected chi connectivity index (χ3v) is 3.07. The van der Waals surface area contributed by atoms with Gasteiger partial charge in [-0.25, -0.2) is 9.48 Å². The molecule has 0 aliphatic carbocycles. The Bertz CT molecular complexity index is 588. The summed E-state index contributed by atoms with van der Waals surface area (Å²) in [5, 5.41) is 4.11. The zero-order valence-corrected chi connectivity index (χ0v) is 14.3. The molecule has 23 heavy (non-hydrogen) atoms. The van der Waals surface area contributed by atoms with E-state index >= 15 is 0 Å². The first-order valence-corrected chi connectivity index (χ1v) is 7.55. The van der Waals surface area contributed by atoms with Gasteiger partial charge < -0.3 is 15.2 Å². The Morgan fingerprint density at radius 1 is 1.43 bits per heavy atom. The van der Waals surface area contributed by atoms with Gasteiger partial charge in [-0.15, -0.1) is 0 Å². The molecule has 2 N–H and O–H groups in total. The van der Waals surface area contributed by atoms with Gasteiger partial charge in [-0.1, -0.05) is 19.9 Å². The van der Waals surface area contributed by atoms with Gasteiger partial charge in [0.05, 0.1) is 24.8 Å². The van der Waals surface area contributed by atoms with Crippen molar-refractivity contribution in [1.29, 1.82) is 0 Å². The van der Waals surface area contributed by atoms with E-state index in [4.69, 9.17) is 15.2 Å². The summed E-state index contributed by atoms with van der Waals surface area (Å²) >= 11 is 0. The van der Waals surface area contributed by atoms with Crippen molar-refractivity contribution in [3.05, 3.63) is 17.8 Å². The minimum atomic E-state index is -0.842. The predicted molar refractivity (Wildman–Crippen MR) is 86.8 cm³/mol. The Balaban J connectivity index is 3.13. The largest absolute Gasteiger partial charge is 0.477 e. The van der Waals surface area contributed by atoms with Gasteiger partial charge in [-0.05, 0) is 26.7 Å². The van der Waals surface area contributed by atoms with Crippen LogP contribution in [0.25, 0.3) is 6.20 Å². The topological polar surface area (TPSA) is 96.4 Å². The van der Waals surface area contributed by atoms with E-state index < -0.39 is 17.3 Å². The molecule has 1 rings (SSSR count). The molecule has 0 spiro atoms. The number of esters is 1. The van der Waals surface area contributed by atoms with Crippen LogP contribution >= 0.6 is 0 Å². The van der Waals surface area contributed by atoms with Crippen molar-refractivity contribution < 1.29 is 19.1 Å². The third-order valence-electron chi connectivity index (χ3n) is 3.07. The Kier molecular flexibility index (Phi) is 6.36. The zero-order chi connectivity index (χ0) is 17.6. The summed E-state index contributed by atoms with van der Waals surface area (Å²) in [4.78, 5) is 23.4. The van der Waals surface area contributed by atoms with Gasteiger partial charge in [0.25, 0.3) is 0 Å². The van der Waals surface area contributed by atoms with Crippen LogP contribution in [0.2, 0.25) is 0 Å². The second-order valence-corrected chi connectivity index (χ2v) is 6.13. The second-order valence-electron chi connectivity index (χ2n) is 6.13. The molecule has 0 saturated carbocycles. The molecule has 0 saturated heterocycles. The maximum Gasteiger partial charge on any atom is 0.345 e. The molecule has 1 amide bonds. The van der Waals surface area contributed by atoms with E-state index in [0.717, 1.165) is 0 Å². The first-order chi connectivity index (χ1) is 10.7. The van der Waals surface area contributed by atoms with Gasteiger partial charge in [0.2, 0.25) is 11.8 Å². The van der Waals surface area contributed by atoms with Gasteiger partial charge in [0.15, 0.2) is 0 Å². The molecule has 1 heterocycles. The van der Waals surface area contributed by atoms with Crippen molar-refractivity contribution in [1.82, 2.24) is 9.78 Å². The summed E-state index contributed by atoms with van der Waals surface area (Å²) in [6.07, 6.45) is 4.55. The molecule has 0 unspecified atom stereocenters.